The maximum absolute atomic E-state index is 12.3. The minimum absolute atomic E-state index is 0.187. The van der Waals surface area contributed by atoms with E-state index in [2.05, 4.69) is 18.5 Å². The van der Waals surface area contributed by atoms with Gasteiger partial charge in [0.15, 0.2) is 0 Å². The molecule has 3 heteroatoms. The first-order chi connectivity index (χ1) is 7.64. The van der Waals surface area contributed by atoms with Crippen molar-refractivity contribution in [2.45, 2.75) is 31.7 Å². The Morgan fingerprint density at radius 1 is 1.38 bits per heavy atom. The molecule has 1 aliphatic rings. The van der Waals surface area contributed by atoms with Crippen LogP contribution in [0.5, 0.6) is 0 Å². The highest BCUT2D eigenvalue weighted by Gasteiger charge is 2.35. The number of carbonyl (C=O) groups excluding carboxylic acids is 1. The topological polar surface area (TPSA) is 32.3 Å². The highest BCUT2D eigenvalue weighted by Crippen LogP contribution is 2.18. The first kappa shape index (κ1) is 13.0. The van der Waals surface area contributed by atoms with Crippen LogP contribution in [-0.2, 0) is 4.79 Å². The van der Waals surface area contributed by atoms with Gasteiger partial charge in [-0.2, -0.15) is 0 Å². The zero-order valence-electron chi connectivity index (χ0n) is 10.2. The molecule has 3 nitrogen and oxygen atoms in total. The summed E-state index contributed by atoms with van der Waals surface area (Å²) < 4.78 is 0. The summed E-state index contributed by atoms with van der Waals surface area (Å²) in [4.78, 5) is 14.3. The molecular weight excluding hydrogens is 200 g/mol. The molecule has 1 N–H and O–H groups in total. The van der Waals surface area contributed by atoms with Crippen molar-refractivity contribution in [1.29, 1.82) is 0 Å². The smallest absolute Gasteiger partial charge is 0.242 e. The number of nitrogens with one attached hydrogen (secondary N) is 1. The quantitative estimate of drug-likeness (QED) is 0.694. The van der Waals surface area contributed by atoms with Gasteiger partial charge in [0.25, 0.3) is 0 Å². The van der Waals surface area contributed by atoms with E-state index in [-0.39, 0.29) is 5.91 Å². The molecule has 1 amide bonds. The first-order valence-corrected chi connectivity index (χ1v) is 5.90. The van der Waals surface area contributed by atoms with Crippen LogP contribution in [-0.4, -0.2) is 36.0 Å². The molecule has 1 heterocycles. The molecule has 0 radical (unpaired) electrons. The van der Waals surface area contributed by atoms with Crippen molar-refractivity contribution in [3.8, 4) is 0 Å². The molecule has 1 unspecified atom stereocenters. The zero-order chi connectivity index (χ0) is 12.0. The predicted octanol–water partition coefficient (Wildman–Crippen LogP) is 1.72. The van der Waals surface area contributed by atoms with Gasteiger partial charge in [0.1, 0.15) is 0 Å². The van der Waals surface area contributed by atoms with Gasteiger partial charge in [0, 0.05) is 19.6 Å². The van der Waals surface area contributed by atoms with Crippen molar-refractivity contribution < 1.29 is 4.79 Å². The van der Waals surface area contributed by atoms with E-state index in [0.29, 0.717) is 13.0 Å². The second-order valence-corrected chi connectivity index (χ2v) is 4.49. The maximum atomic E-state index is 12.3. The lowest BCUT2D eigenvalue weighted by Crippen LogP contribution is -2.55. The standard InChI is InChI=1S/C13H22N2O/c1-4-8-13(3,14-9-5-2)12(16)15-10-6-7-11-15/h4-5,14H,1-2,6-11H2,3H3. The fourth-order valence-corrected chi connectivity index (χ4v) is 2.09. The highest BCUT2D eigenvalue weighted by molar-refractivity contribution is 5.86. The van der Waals surface area contributed by atoms with Crippen LogP contribution in [0.4, 0.5) is 0 Å². The highest BCUT2D eigenvalue weighted by atomic mass is 16.2. The molecule has 0 aromatic heterocycles. The summed E-state index contributed by atoms with van der Waals surface area (Å²) in [5.41, 5.74) is -0.527. The number of carbonyl (C=O) groups is 1. The van der Waals surface area contributed by atoms with Crippen LogP contribution >= 0.6 is 0 Å². The van der Waals surface area contributed by atoms with Crippen molar-refractivity contribution in [3.05, 3.63) is 25.3 Å². The number of hydrogen-bond donors (Lipinski definition) is 1. The summed E-state index contributed by atoms with van der Waals surface area (Å²) in [7, 11) is 0. The van der Waals surface area contributed by atoms with E-state index in [9.17, 15) is 4.79 Å². The van der Waals surface area contributed by atoms with E-state index >= 15 is 0 Å². The van der Waals surface area contributed by atoms with Gasteiger partial charge in [-0.15, -0.1) is 13.2 Å². The van der Waals surface area contributed by atoms with Gasteiger partial charge in [-0.25, -0.2) is 0 Å². The SMILES string of the molecule is C=CCNC(C)(CC=C)C(=O)N1CCCC1. The monoisotopic (exact) mass is 222 g/mol. The van der Waals surface area contributed by atoms with Gasteiger partial charge >= 0.3 is 0 Å². The molecule has 1 fully saturated rings. The first-order valence-electron chi connectivity index (χ1n) is 5.90. The average Bonchev–Trinajstić information content (AvgIpc) is 2.79. The van der Waals surface area contributed by atoms with Crippen LogP contribution in [0.15, 0.2) is 25.3 Å². The number of amides is 1. The van der Waals surface area contributed by atoms with Crippen LogP contribution in [0.2, 0.25) is 0 Å². The van der Waals surface area contributed by atoms with Gasteiger partial charge in [0.2, 0.25) is 5.91 Å². The summed E-state index contributed by atoms with van der Waals surface area (Å²) >= 11 is 0. The summed E-state index contributed by atoms with van der Waals surface area (Å²) in [6.45, 7) is 11.8. The van der Waals surface area contributed by atoms with E-state index in [0.717, 1.165) is 25.9 Å². The van der Waals surface area contributed by atoms with Crippen molar-refractivity contribution in [3.63, 3.8) is 0 Å². The molecule has 1 atom stereocenters. The molecule has 0 saturated carbocycles. The zero-order valence-corrected chi connectivity index (χ0v) is 10.2. The molecule has 0 bridgehead atoms. The Balaban J connectivity index is 2.69. The van der Waals surface area contributed by atoms with Crippen LogP contribution < -0.4 is 5.32 Å². The minimum Gasteiger partial charge on any atom is -0.341 e. The number of likely N-dealkylation sites (tertiary alicyclic amines) is 1. The molecule has 0 spiro atoms. The third-order valence-electron chi connectivity index (χ3n) is 3.05. The predicted molar refractivity (Wildman–Crippen MR) is 67.2 cm³/mol. The second-order valence-electron chi connectivity index (χ2n) is 4.49. The summed E-state index contributed by atoms with van der Waals surface area (Å²) in [5.74, 6) is 0.187. The Morgan fingerprint density at radius 2 is 2.00 bits per heavy atom. The average molecular weight is 222 g/mol. The second kappa shape index (κ2) is 5.85. The van der Waals surface area contributed by atoms with E-state index < -0.39 is 5.54 Å². The van der Waals surface area contributed by atoms with Gasteiger partial charge in [0.05, 0.1) is 5.54 Å². The maximum Gasteiger partial charge on any atom is 0.242 e. The Morgan fingerprint density at radius 3 is 2.50 bits per heavy atom. The van der Waals surface area contributed by atoms with Crippen molar-refractivity contribution in [2.75, 3.05) is 19.6 Å². The fourth-order valence-electron chi connectivity index (χ4n) is 2.09. The van der Waals surface area contributed by atoms with Crippen molar-refractivity contribution in [1.82, 2.24) is 10.2 Å². The molecule has 1 aliphatic heterocycles. The van der Waals surface area contributed by atoms with E-state index in [1.807, 2.05) is 11.8 Å². The molecule has 1 rings (SSSR count). The van der Waals surface area contributed by atoms with Gasteiger partial charge < -0.3 is 4.90 Å². The van der Waals surface area contributed by atoms with Crippen LogP contribution in [0.1, 0.15) is 26.2 Å². The van der Waals surface area contributed by atoms with Gasteiger partial charge in [-0.05, 0) is 26.2 Å². The van der Waals surface area contributed by atoms with Crippen molar-refractivity contribution in [2.24, 2.45) is 0 Å². The van der Waals surface area contributed by atoms with Crippen molar-refractivity contribution >= 4 is 5.91 Å². The number of rotatable bonds is 6. The Kier molecular flexibility index (Phi) is 4.74. The number of nitrogens with zero attached hydrogens (tertiary/aromatic N) is 1. The Hall–Kier alpha value is -1.09. The fraction of sp³-hybridized carbons (Fsp3) is 0.615. The Labute approximate surface area is 98.2 Å². The van der Waals surface area contributed by atoms with E-state index in [4.69, 9.17) is 0 Å². The lowest BCUT2D eigenvalue weighted by molar-refractivity contribution is -0.136. The Bertz CT molecular complexity index is 269. The molecule has 90 valence electrons. The molecule has 0 aromatic rings. The lowest BCUT2D eigenvalue weighted by Gasteiger charge is -2.32. The van der Waals surface area contributed by atoms with Crippen LogP contribution in [0.25, 0.3) is 0 Å². The van der Waals surface area contributed by atoms with Gasteiger partial charge in [-0.1, -0.05) is 12.2 Å². The summed E-state index contributed by atoms with van der Waals surface area (Å²) in [6, 6.07) is 0. The largest absolute Gasteiger partial charge is 0.341 e. The third-order valence-corrected chi connectivity index (χ3v) is 3.05. The minimum atomic E-state index is -0.527. The van der Waals surface area contributed by atoms with Gasteiger partial charge in [-0.3, -0.25) is 10.1 Å². The molecule has 1 saturated heterocycles. The normalized spacial score (nSPS) is 19.2. The lowest BCUT2D eigenvalue weighted by atomic mass is 9.95. The molecule has 0 aromatic carbocycles. The van der Waals surface area contributed by atoms with Crippen LogP contribution in [0.3, 0.4) is 0 Å². The number of hydrogen-bond acceptors (Lipinski definition) is 2. The molecule has 0 aliphatic carbocycles. The molecular formula is C13H22N2O. The summed E-state index contributed by atoms with van der Waals surface area (Å²) in [5, 5.41) is 3.24. The summed E-state index contributed by atoms with van der Waals surface area (Å²) in [6.07, 6.45) is 6.47. The van der Waals surface area contributed by atoms with Crippen LogP contribution in [0, 0.1) is 0 Å². The van der Waals surface area contributed by atoms with E-state index in [1.165, 1.54) is 0 Å². The molecule has 16 heavy (non-hydrogen) atoms. The van der Waals surface area contributed by atoms with E-state index in [1.54, 1.807) is 12.2 Å². The third kappa shape index (κ3) is 2.95.